The van der Waals surface area contributed by atoms with Gasteiger partial charge in [-0.25, -0.2) is 4.68 Å². The molecule has 204 valence electrons. The van der Waals surface area contributed by atoms with Crippen molar-refractivity contribution in [2.45, 2.75) is 64.8 Å². The van der Waals surface area contributed by atoms with Crippen molar-refractivity contribution in [1.82, 2.24) is 19.7 Å². The predicted octanol–water partition coefficient (Wildman–Crippen LogP) is 2.10. The van der Waals surface area contributed by atoms with E-state index in [1.807, 2.05) is 30.3 Å². The fourth-order valence-electron chi connectivity index (χ4n) is 4.19. The summed E-state index contributed by atoms with van der Waals surface area (Å²) in [7, 11) is 0. The second-order valence-electron chi connectivity index (χ2n) is 8.56. The number of hydrogen-bond acceptors (Lipinski definition) is 10. The molecule has 1 fully saturated rings. The number of benzene rings is 1. The number of hydrogen-bond donors (Lipinski definition) is 1. The molecule has 1 N–H and O–H groups in total. The highest BCUT2D eigenvalue weighted by Gasteiger charge is 2.52. The van der Waals surface area contributed by atoms with Crippen LogP contribution in [-0.2, 0) is 44.7 Å². The zero-order valence-electron chi connectivity index (χ0n) is 21.5. The summed E-state index contributed by atoms with van der Waals surface area (Å²) in [5.74, 6) is -1.95. The topological polar surface area (TPSA) is 140 Å². The highest BCUT2D eigenvalue weighted by Crippen LogP contribution is 2.34. The number of rotatable bonds is 9. The highest BCUT2D eigenvalue weighted by molar-refractivity contribution is 7.71. The van der Waals surface area contributed by atoms with E-state index in [9.17, 15) is 19.2 Å². The van der Waals surface area contributed by atoms with Crippen molar-refractivity contribution in [3.63, 3.8) is 0 Å². The first-order valence-corrected chi connectivity index (χ1v) is 12.2. The number of allylic oxidation sites excluding steroid dienone is 1. The Morgan fingerprint density at radius 1 is 1.05 bits per heavy atom. The van der Waals surface area contributed by atoms with Crippen LogP contribution in [0.2, 0.25) is 0 Å². The van der Waals surface area contributed by atoms with Gasteiger partial charge in [-0.3, -0.25) is 23.7 Å². The lowest BCUT2D eigenvalue weighted by Crippen LogP contribution is -2.64. The van der Waals surface area contributed by atoms with Crippen molar-refractivity contribution in [2.75, 3.05) is 6.61 Å². The van der Waals surface area contributed by atoms with E-state index in [-0.39, 0.29) is 11.4 Å². The molecular weight excluding hydrogens is 516 g/mol. The maximum absolute atomic E-state index is 12.3. The Morgan fingerprint density at radius 2 is 1.68 bits per heavy atom. The monoisotopic (exact) mass is 546 g/mol. The Morgan fingerprint density at radius 3 is 2.24 bits per heavy atom. The summed E-state index contributed by atoms with van der Waals surface area (Å²) in [6, 6.07) is 8.19. The van der Waals surface area contributed by atoms with Crippen LogP contribution in [0.4, 0.5) is 0 Å². The summed E-state index contributed by atoms with van der Waals surface area (Å²) in [4.78, 5) is 48.0. The molecule has 12 nitrogen and oxygen atoms in total. The molecule has 1 aliphatic rings. The molecular formula is C25H30N4O8S. The van der Waals surface area contributed by atoms with Crippen molar-refractivity contribution in [2.24, 2.45) is 0 Å². The first-order chi connectivity index (χ1) is 18.0. The first-order valence-electron chi connectivity index (χ1n) is 11.8. The zero-order valence-corrected chi connectivity index (χ0v) is 22.3. The first kappa shape index (κ1) is 28.7. The molecule has 1 aromatic heterocycles. The molecule has 1 saturated heterocycles. The minimum absolute atomic E-state index is 0.225. The van der Waals surface area contributed by atoms with E-state index in [4.69, 9.17) is 36.3 Å². The van der Waals surface area contributed by atoms with Gasteiger partial charge in [0.25, 0.3) is 0 Å². The summed E-state index contributed by atoms with van der Waals surface area (Å²) < 4.78 is 25.8. The third kappa shape index (κ3) is 6.72. The summed E-state index contributed by atoms with van der Waals surface area (Å²) in [5, 5.41) is 7.43. The Balaban J connectivity index is 2.20. The molecule has 5 atom stereocenters. The van der Waals surface area contributed by atoms with Gasteiger partial charge in [0.05, 0.1) is 0 Å². The van der Waals surface area contributed by atoms with Gasteiger partial charge in [0.2, 0.25) is 10.7 Å². The number of esters is 3. The van der Waals surface area contributed by atoms with Crippen LogP contribution in [0.3, 0.4) is 0 Å². The van der Waals surface area contributed by atoms with Crippen molar-refractivity contribution in [3.05, 3.63) is 47.8 Å². The van der Waals surface area contributed by atoms with Gasteiger partial charge in [-0.2, -0.15) is 0 Å². The van der Waals surface area contributed by atoms with Gasteiger partial charge in [-0.15, -0.1) is 11.7 Å². The van der Waals surface area contributed by atoms with Crippen LogP contribution in [-0.4, -0.2) is 69.1 Å². The Hall–Kier alpha value is -3.84. The number of nitrogens with zero attached hydrogens (tertiary/aromatic N) is 3. The number of amides is 1. The maximum atomic E-state index is 12.3. The second kappa shape index (κ2) is 12.6. The van der Waals surface area contributed by atoms with E-state index < -0.39 is 54.4 Å². The smallest absolute Gasteiger partial charge is 0.303 e. The highest BCUT2D eigenvalue weighted by atomic mass is 32.1. The van der Waals surface area contributed by atoms with Crippen LogP contribution >= 0.6 is 12.2 Å². The minimum Gasteiger partial charge on any atom is -0.463 e. The minimum atomic E-state index is -1.23. The van der Waals surface area contributed by atoms with E-state index in [1.165, 1.54) is 32.4 Å². The molecule has 0 aliphatic carbocycles. The van der Waals surface area contributed by atoms with E-state index in [0.717, 1.165) is 5.56 Å². The van der Waals surface area contributed by atoms with Gasteiger partial charge >= 0.3 is 17.9 Å². The van der Waals surface area contributed by atoms with Gasteiger partial charge in [-0.1, -0.05) is 36.4 Å². The third-order valence-corrected chi connectivity index (χ3v) is 5.97. The Kier molecular flexibility index (Phi) is 9.53. The number of nitrogens with one attached hydrogen (secondary N) is 1. The van der Waals surface area contributed by atoms with Crippen LogP contribution in [0, 0.1) is 4.77 Å². The summed E-state index contributed by atoms with van der Waals surface area (Å²) in [6.45, 7) is 8.63. The van der Waals surface area contributed by atoms with Crippen molar-refractivity contribution in [3.8, 4) is 11.4 Å². The van der Waals surface area contributed by atoms with Crippen molar-refractivity contribution in [1.29, 1.82) is 0 Å². The number of ether oxygens (including phenoxy) is 4. The quantitative estimate of drug-likeness (QED) is 0.215. The molecule has 0 bridgehead atoms. The molecule has 0 radical (unpaired) electrons. The molecule has 13 heteroatoms. The lowest BCUT2D eigenvalue weighted by Gasteiger charge is -2.45. The van der Waals surface area contributed by atoms with Gasteiger partial charge < -0.3 is 24.3 Å². The lowest BCUT2D eigenvalue weighted by molar-refractivity contribution is -0.239. The fourth-order valence-corrected chi connectivity index (χ4v) is 4.50. The number of carbonyl (C=O) groups is 4. The second-order valence-corrected chi connectivity index (χ2v) is 8.92. The van der Waals surface area contributed by atoms with Crippen molar-refractivity contribution < 1.29 is 38.1 Å². The van der Waals surface area contributed by atoms with E-state index in [0.29, 0.717) is 12.4 Å². The zero-order chi connectivity index (χ0) is 28.0. The van der Waals surface area contributed by atoms with Gasteiger partial charge in [-0.05, 0) is 12.2 Å². The molecule has 2 aromatic rings. The molecule has 0 unspecified atom stereocenters. The fraction of sp³-hybridized carbons (Fsp3) is 0.440. The van der Waals surface area contributed by atoms with Crippen molar-refractivity contribution >= 4 is 36.0 Å². The number of aromatic nitrogens is 3. The molecule has 1 aromatic carbocycles. The Bertz CT molecular complexity index is 1260. The maximum Gasteiger partial charge on any atom is 0.303 e. The molecule has 2 heterocycles. The SMILES string of the molecule is C=CCn1c(-c2ccccc2)nn([C@@H]2O[C@H](COC(C)=O)[C@H](OC(C)=O)[C@H](OC(C)=O)[C@@H]2NC(C)=O)c1=S. The molecule has 1 amide bonds. The van der Waals surface area contributed by atoms with Crippen LogP contribution in [0.5, 0.6) is 0 Å². The molecule has 0 saturated carbocycles. The van der Waals surface area contributed by atoms with Crippen LogP contribution < -0.4 is 5.32 Å². The van der Waals surface area contributed by atoms with Crippen LogP contribution in [0.1, 0.15) is 33.9 Å². The van der Waals surface area contributed by atoms with E-state index in [2.05, 4.69) is 11.9 Å². The standard InChI is InChI=1S/C25H30N4O8S/c1-6-12-28-23(18-10-8-7-9-11-18)27-29(25(28)38)24-20(26-14(2)30)22(36-17(5)33)21(35-16(4)32)19(37-24)13-34-15(3)31/h6-11,19-22,24H,1,12-13H2,2-5H3,(H,26,30)/t19-,20+,21+,22-,24-/m1/s1. The van der Waals surface area contributed by atoms with Gasteiger partial charge in [0.15, 0.2) is 24.3 Å². The normalized spacial score (nSPS) is 22.7. The predicted molar refractivity (Wildman–Crippen MR) is 136 cm³/mol. The third-order valence-electron chi connectivity index (χ3n) is 5.56. The van der Waals surface area contributed by atoms with E-state index >= 15 is 0 Å². The largest absolute Gasteiger partial charge is 0.463 e. The lowest BCUT2D eigenvalue weighted by atomic mass is 9.95. The number of carbonyl (C=O) groups excluding carboxylic acids is 4. The molecule has 1 aliphatic heterocycles. The van der Waals surface area contributed by atoms with Gasteiger partial charge in [0, 0.05) is 39.8 Å². The average Bonchev–Trinajstić information content (AvgIpc) is 3.16. The molecule has 0 spiro atoms. The molecule has 38 heavy (non-hydrogen) atoms. The summed E-state index contributed by atoms with van der Waals surface area (Å²) in [5.41, 5.74) is 0.761. The molecule has 3 rings (SSSR count). The van der Waals surface area contributed by atoms with Crippen LogP contribution in [0.15, 0.2) is 43.0 Å². The summed E-state index contributed by atoms with van der Waals surface area (Å²) >= 11 is 5.74. The van der Waals surface area contributed by atoms with E-state index in [1.54, 1.807) is 10.6 Å². The average molecular weight is 547 g/mol. The summed E-state index contributed by atoms with van der Waals surface area (Å²) in [6.07, 6.45) is -3.03. The van der Waals surface area contributed by atoms with Gasteiger partial charge in [0.1, 0.15) is 18.8 Å². The Labute approximate surface area is 224 Å². The van der Waals surface area contributed by atoms with Crippen LogP contribution in [0.25, 0.3) is 11.4 Å².